The summed E-state index contributed by atoms with van der Waals surface area (Å²) in [6, 6.07) is 3.42. The lowest BCUT2D eigenvalue weighted by molar-refractivity contribution is 0.585. The van der Waals surface area contributed by atoms with E-state index in [1.165, 1.54) is 11.4 Å². The van der Waals surface area contributed by atoms with E-state index >= 15 is 0 Å². The van der Waals surface area contributed by atoms with Gasteiger partial charge in [0.25, 0.3) is 0 Å². The lowest BCUT2D eigenvalue weighted by Gasteiger charge is -2.20. The number of rotatable bonds is 3. The molecule has 0 saturated heterocycles. The normalized spacial score (nSPS) is 11.8. The minimum absolute atomic E-state index is 0.415. The lowest BCUT2D eigenvalue weighted by Crippen LogP contribution is -2.33. The molecule has 0 amide bonds. The highest BCUT2D eigenvalue weighted by Crippen LogP contribution is 2.19. The van der Waals surface area contributed by atoms with Crippen LogP contribution >= 0.6 is 15.9 Å². The van der Waals surface area contributed by atoms with E-state index < -0.39 is 15.3 Å². The first kappa shape index (κ1) is 12.4. The van der Waals surface area contributed by atoms with Gasteiger partial charge in [-0.3, -0.25) is 4.31 Å². The third-order valence-corrected chi connectivity index (χ3v) is 4.64. The predicted molar refractivity (Wildman–Crippen MR) is 64.4 cm³/mol. The van der Waals surface area contributed by atoms with Crippen molar-refractivity contribution >= 4 is 31.8 Å². The van der Waals surface area contributed by atoms with Crippen LogP contribution in [0.25, 0.3) is 0 Å². The van der Waals surface area contributed by atoms with E-state index in [2.05, 4.69) is 20.9 Å². The van der Waals surface area contributed by atoms with E-state index in [1.54, 1.807) is 32.2 Å². The summed E-state index contributed by atoms with van der Waals surface area (Å²) in [6.07, 6.45) is 1.56. The monoisotopic (exact) mass is 292 g/mol. The smallest absolute Gasteiger partial charge is 0.238 e. The molecule has 1 aromatic rings. The fraction of sp³-hybridized carbons (Fsp3) is 0.444. The average molecular weight is 293 g/mol. The number of sulfonamides is 1. The maximum atomic E-state index is 11.8. The zero-order valence-corrected chi connectivity index (χ0v) is 11.2. The van der Waals surface area contributed by atoms with Crippen molar-refractivity contribution in [2.24, 2.45) is 0 Å². The first-order valence-corrected chi connectivity index (χ1v) is 6.74. The minimum atomic E-state index is -3.30. The highest BCUT2D eigenvalue weighted by atomic mass is 79.9. The fourth-order valence-corrected chi connectivity index (χ4v) is 2.33. The molecule has 1 aromatic heterocycles. The number of halogens is 1. The molecule has 0 spiro atoms. The van der Waals surface area contributed by atoms with Crippen molar-refractivity contribution in [3.63, 3.8) is 0 Å². The van der Waals surface area contributed by atoms with Crippen LogP contribution in [0.4, 0.5) is 5.82 Å². The molecule has 15 heavy (non-hydrogen) atoms. The Hall–Kier alpha value is -0.620. The van der Waals surface area contributed by atoms with Crippen LogP contribution in [0.1, 0.15) is 13.8 Å². The summed E-state index contributed by atoms with van der Waals surface area (Å²) in [4.78, 5) is 4.00. The van der Waals surface area contributed by atoms with Crippen molar-refractivity contribution in [2.75, 3.05) is 11.4 Å². The second-order valence-electron chi connectivity index (χ2n) is 3.39. The molecule has 0 saturated carbocycles. The molecule has 1 heterocycles. The average Bonchev–Trinajstić information content (AvgIpc) is 2.16. The number of hydrogen-bond acceptors (Lipinski definition) is 3. The number of pyridine rings is 1. The Morgan fingerprint density at radius 2 is 2.07 bits per heavy atom. The van der Waals surface area contributed by atoms with Gasteiger partial charge in [-0.25, -0.2) is 13.4 Å². The Bertz CT molecular complexity index is 445. The molecule has 0 radical (unpaired) electrons. The summed E-state index contributed by atoms with van der Waals surface area (Å²) in [5.41, 5.74) is 0. The number of nitrogens with zero attached hydrogens (tertiary/aromatic N) is 2. The minimum Gasteiger partial charge on any atom is -0.257 e. The standard InChI is InChI=1S/C9H13BrN2O2S/c1-7(2)15(13,14)12(3)9-6-8(10)4-5-11-9/h4-7H,1-3H3. The summed E-state index contributed by atoms with van der Waals surface area (Å²) < 4.78 is 25.6. The van der Waals surface area contributed by atoms with E-state index in [0.717, 1.165) is 4.47 Å². The Morgan fingerprint density at radius 3 is 2.53 bits per heavy atom. The van der Waals surface area contributed by atoms with Crippen LogP contribution < -0.4 is 4.31 Å². The summed E-state index contributed by atoms with van der Waals surface area (Å²) >= 11 is 3.27. The molecule has 84 valence electrons. The van der Waals surface area contributed by atoms with Crippen molar-refractivity contribution < 1.29 is 8.42 Å². The maximum absolute atomic E-state index is 11.8. The van der Waals surface area contributed by atoms with E-state index in [0.29, 0.717) is 5.82 Å². The first-order valence-electron chi connectivity index (χ1n) is 4.45. The van der Waals surface area contributed by atoms with Crippen molar-refractivity contribution in [1.29, 1.82) is 0 Å². The zero-order valence-electron chi connectivity index (χ0n) is 8.81. The van der Waals surface area contributed by atoms with Crippen molar-refractivity contribution in [1.82, 2.24) is 4.98 Å². The van der Waals surface area contributed by atoms with Crippen LogP contribution in [0.15, 0.2) is 22.8 Å². The molecule has 0 aromatic carbocycles. The summed E-state index contributed by atoms with van der Waals surface area (Å²) in [6.45, 7) is 3.29. The molecule has 6 heteroatoms. The lowest BCUT2D eigenvalue weighted by atomic mass is 10.5. The van der Waals surface area contributed by atoms with E-state index in [9.17, 15) is 8.42 Å². The van der Waals surface area contributed by atoms with Gasteiger partial charge in [-0.1, -0.05) is 15.9 Å². The van der Waals surface area contributed by atoms with Crippen LogP contribution in [-0.4, -0.2) is 25.7 Å². The molecular weight excluding hydrogens is 280 g/mol. The van der Waals surface area contributed by atoms with E-state index in [1.807, 2.05) is 0 Å². The fourth-order valence-electron chi connectivity index (χ4n) is 1.01. The molecule has 4 nitrogen and oxygen atoms in total. The zero-order chi connectivity index (χ0) is 11.6. The molecule has 0 bridgehead atoms. The van der Waals surface area contributed by atoms with Crippen LogP contribution in [-0.2, 0) is 10.0 Å². The number of anilines is 1. The van der Waals surface area contributed by atoms with Gasteiger partial charge in [0.1, 0.15) is 5.82 Å². The SMILES string of the molecule is CC(C)S(=O)(=O)N(C)c1cc(Br)ccn1. The third kappa shape index (κ3) is 2.69. The molecule has 0 fully saturated rings. The third-order valence-electron chi connectivity index (χ3n) is 2.01. The molecule has 0 N–H and O–H groups in total. The largest absolute Gasteiger partial charge is 0.257 e. The molecule has 0 unspecified atom stereocenters. The van der Waals surface area contributed by atoms with Crippen LogP contribution in [0.2, 0.25) is 0 Å². The Morgan fingerprint density at radius 1 is 1.47 bits per heavy atom. The second-order valence-corrected chi connectivity index (χ2v) is 6.83. The van der Waals surface area contributed by atoms with Crippen LogP contribution in [0, 0.1) is 0 Å². The Labute approximate surface area is 98.5 Å². The molecule has 0 aliphatic heterocycles. The summed E-state index contributed by atoms with van der Waals surface area (Å²) in [5.74, 6) is 0.415. The van der Waals surface area contributed by atoms with Crippen molar-refractivity contribution in [3.8, 4) is 0 Å². The van der Waals surface area contributed by atoms with Gasteiger partial charge >= 0.3 is 0 Å². The van der Waals surface area contributed by atoms with Crippen LogP contribution in [0.5, 0.6) is 0 Å². The number of aromatic nitrogens is 1. The quantitative estimate of drug-likeness (QED) is 0.856. The van der Waals surface area contributed by atoms with Crippen molar-refractivity contribution in [3.05, 3.63) is 22.8 Å². The highest BCUT2D eigenvalue weighted by molar-refractivity contribution is 9.10. The second kappa shape index (κ2) is 4.49. The van der Waals surface area contributed by atoms with Gasteiger partial charge in [0.2, 0.25) is 10.0 Å². The van der Waals surface area contributed by atoms with E-state index in [-0.39, 0.29) is 0 Å². The molecular formula is C9H13BrN2O2S. The molecule has 0 aliphatic rings. The van der Waals surface area contributed by atoms with Crippen molar-refractivity contribution in [2.45, 2.75) is 19.1 Å². The van der Waals surface area contributed by atoms with Gasteiger partial charge in [-0.2, -0.15) is 0 Å². The topological polar surface area (TPSA) is 50.3 Å². The number of hydrogen-bond donors (Lipinski definition) is 0. The van der Waals surface area contributed by atoms with Gasteiger partial charge < -0.3 is 0 Å². The van der Waals surface area contributed by atoms with Gasteiger partial charge in [0, 0.05) is 17.7 Å². The molecule has 1 rings (SSSR count). The summed E-state index contributed by atoms with van der Waals surface area (Å²) in [5, 5.41) is -0.455. The first-order chi connectivity index (χ1) is 6.85. The van der Waals surface area contributed by atoms with Crippen LogP contribution in [0.3, 0.4) is 0 Å². The Kier molecular flexibility index (Phi) is 3.72. The van der Waals surface area contributed by atoms with E-state index in [4.69, 9.17) is 0 Å². The molecule has 0 aliphatic carbocycles. The van der Waals surface area contributed by atoms with Gasteiger partial charge in [0.05, 0.1) is 5.25 Å². The Balaban J connectivity index is 3.10. The van der Waals surface area contributed by atoms with Gasteiger partial charge in [0.15, 0.2) is 0 Å². The molecule has 0 atom stereocenters. The highest BCUT2D eigenvalue weighted by Gasteiger charge is 2.23. The predicted octanol–water partition coefficient (Wildman–Crippen LogP) is 2.02. The maximum Gasteiger partial charge on any atom is 0.238 e. The van der Waals surface area contributed by atoms with Gasteiger partial charge in [-0.15, -0.1) is 0 Å². The van der Waals surface area contributed by atoms with Gasteiger partial charge in [-0.05, 0) is 26.0 Å². The summed E-state index contributed by atoms with van der Waals surface area (Å²) in [7, 11) is -1.79.